The Hall–Kier alpha value is -3.18. The third-order valence-electron chi connectivity index (χ3n) is 6.14. The second-order valence-electron chi connectivity index (χ2n) is 8.12. The van der Waals surface area contributed by atoms with E-state index in [4.69, 9.17) is 0 Å². The van der Waals surface area contributed by atoms with Gasteiger partial charge in [0, 0.05) is 25.0 Å². The molecular weight excluding hydrogens is 420 g/mol. The summed E-state index contributed by atoms with van der Waals surface area (Å²) < 4.78 is 1.98. The zero-order valence-corrected chi connectivity index (χ0v) is 19.2. The number of hydrogen-bond donors (Lipinski definition) is 0. The van der Waals surface area contributed by atoms with Crippen molar-refractivity contribution in [2.24, 2.45) is 0 Å². The Balaban J connectivity index is 1.62. The van der Waals surface area contributed by atoms with Crippen LogP contribution >= 0.6 is 11.8 Å². The van der Waals surface area contributed by atoms with Crippen LogP contribution in [-0.4, -0.2) is 48.9 Å². The molecule has 164 valence electrons. The van der Waals surface area contributed by atoms with E-state index in [0.717, 1.165) is 48.9 Å². The number of pyridine rings is 1. The predicted molar refractivity (Wildman–Crippen MR) is 124 cm³/mol. The SMILES string of the molecule is Cc1ccccc1-n1c(SCC(=O)N(C)C2(C#N)CCCCC2)nnc1-c1cccnc1. The lowest BCUT2D eigenvalue weighted by Crippen LogP contribution is -2.50. The van der Waals surface area contributed by atoms with Crippen LogP contribution in [0.4, 0.5) is 0 Å². The Bertz CT molecular complexity index is 1130. The van der Waals surface area contributed by atoms with Gasteiger partial charge < -0.3 is 4.90 Å². The molecule has 1 amide bonds. The lowest BCUT2D eigenvalue weighted by molar-refractivity contribution is -0.131. The van der Waals surface area contributed by atoms with Crippen LogP contribution in [0.25, 0.3) is 17.1 Å². The summed E-state index contributed by atoms with van der Waals surface area (Å²) in [5.74, 6) is 0.800. The van der Waals surface area contributed by atoms with Gasteiger partial charge in [0.05, 0.1) is 17.5 Å². The monoisotopic (exact) mass is 446 g/mol. The summed E-state index contributed by atoms with van der Waals surface area (Å²) in [4.78, 5) is 18.9. The first-order valence-corrected chi connectivity index (χ1v) is 11.8. The minimum absolute atomic E-state index is 0.0688. The van der Waals surface area contributed by atoms with Crippen molar-refractivity contribution >= 4 is 17.7 Å². The number of aryl methyl sites for hydroxylation is 1. The third-order valence-corrected chi connectivity index (χ3v) is 7.05. The molecule has 1 aromatic carbocycles. The maximum atomic E-state index is 13.1. The Kier molecular flexibility index (Phi) is 6.56. The molecule has 1 aliphatic carbocycles. The second-order valence-corrected chi connectivity index (χ2v) is 9.06. The normalized spacial score (nSPS) is 15.2. The van der Waals surface area contributed by atoms with Crippen molar-refractivity contribution in [3.63, 3.8) is 0 Å². The number of amides is 1. The highest BCUT2D eigenvalue weighted by Crippen LogP contribution is 2.34. The van der Waals surface area contributed by atoms with Gasteiger partial charge >= 0.3 is 0 Å². The molecule has 0 unspecified atom stereocenters. The van der Waals surface area contributed by atoms with Crippen molar-refractivity contribution < 1.29 is 4.79 Å². The van der Waals surface area contributed by atoms with Crippen molar-refractivity contribution in [2.75, 3.05) is 12.8 Å². The molecule has 1 aliphatic rings. The number of carbonyl (C=O) groups is 1. The van der Waals surface area contributed by atoms with Gasteiger partial charge in [-0.3, -0.25) is 14.3 Å². The fourth-order valence-electron chi connectivity index (χ4n) is 4.20. The first-order chi connectivity index (χ1) is 15.6. The van der Waals surface area contributed by atoms with Crippen LogP contribution in [0.5, 0.6) is 0 Å². The van der Waals surface area contributed by atoms with Crippen molar-refractivity contribution in [3.05, 3.63) is 54.4 Å². The molecule has 0 saturated heterocycles. The Labute approximate surface area is 192 Å². The van der Waals surface area contributed by atoms with Gasteiger partial charge in [0.1, 0.15) is 5.54 Å². The zero-order valence-electron chi connectivity index (χ0n) is 18.4. The Morgan fingerprint density at radius 1 is 1.19 bits per heavy atom. The van der Waals surface area contributed by atoms with Crippen LogP contribution in [0.15, 0.2) is 53.9 Å². The van der Waals surface area contributed by atoms with Crippen molar-refractivity contribution in [3.8, 4) is 23.1 Å². The van der Waals surface area contributed by atoms with Gasteiger partial charge in [-0.2, -0.15) is 5.26 Å². The van der Waals surface area contributed by atoms with E-state index < -0.39 is 5.54 Å². The average Bonchev–Trinajstić information content (AvgIpc) is 3.27. The van der Waals surface area contributed by atoms with Gasteiger partial charge in [-0.05, 0) is 43.5 Å². The summed E-state index contributed by atoms with van der Waals surface area (Å²) in [6.45, 7) is 2.04. The van der Waals surface area contributed by atoms with E-state index in [1.54, 1.807) is 24.3 Å². The molecular formula is C24H26N6OS. The van der Waals surface area contributed by atoms with E-state index in [-0.39, 0.29) is 11.7 Å². The van der Waals surface area contributed by atoms with Gasteiger partial charge in [0.2, 0.25) is 5.91 Å². The minimum atomic E-state index is -0.694. The molecule has 4 rings (SSSR count). The fraction of sp³-hybridized carbons (Fsp3) is 0.375. The van der Waals surface area contributed by atoms with Crippen molar-refractivity contribution in [1.82, 2.24) is 24.6 Å². The van der Waals surface area contributed by atoms with Crippen LogP contribution in [0, 0.1) is 18.3 Å². The van der Waals surface area contributed by atoms with E-state index in [1.807, 2.05) is 47.9 Å². The molecule has 0 bridgehead atoms. The van der Waals surface area contributed by atoms with E-state index in [1.165, 1.54) is 11.8 Å². The fourth-order valence-corrected chi connectivity index (χ4v) is 5.06. The third kappa shape index (κ3) is 4.26. The number of nitriles is 1. The highest BCUT2D eigenvalue weighted by atomic mass is 32.2. The van der Waals surface area contributed by atoms with Crippen LogP contribution in [0.2, 0.25) is 0 Å². The highest BCUT2D eigenvalue weighted by Gasteiger charge is 2.38. The van der Waals surface area contributed by atoms with Crippen molar-refractivity contribution in [2.45, 2.75) is 49.7 Å². The first kappa shape index (κ1) is 22.0. The average molecular weight is 447 g/mol. The molecule has 3 aromatic rings. The number of hydrogen-bond acceptors (Lipinski definition) is 6. The molecule has 2 aromatic heterocycles. The number of nitrogens with zero attached hydrogens (tertiary/aromatic N) is 6. The second kappa shape index (κ2) is 9.53. The maximum Gasteiger partial charge on any atom is 0.234 e. The molecule has 1 saturated carbocycles. The number of benzene rings is 1. The molecule has 1 fully saturated rings. The Morgan fingerprint density at radius 2 is 1.97 bits per heavy atom. The van der Waals surface area contributed by atoms with E-state index in [9.17, 15) is 10.1 Å². The van der Waals surface area contributed by atoms with Gasteiger partial charge in [-0.15, -0.1) is 10.2 Å². The first-order valence-electron chi connectivity index (χ1n) is 10.8. The molecule has 0 N–H and O–H groups in total. The van der Waals surface area contributed by atoms with E-state index in [2.05, 4.69) is 21.3 Å². The van der Waals surface area contributed by atoms with E-state index in [0.29, 0.717) is 11.0 Å². The lowest BCUT2D eigenvalue weighted by atomic mass is 9.81. The number of para-hydroxylation sites is 1. The van der Waals surface area contributed by atoms with Gasteiger partial charge in [-0.25, -0.2) is 0 Å². The molecule has 32 heavy (non-hydrogen) atoms. The summed E-state index contributed by atoms with van der Waals surface area (Å²) >= 11 is 1.34. The highest BCUT2D eigenvalue weighted by molar-refractivity contribution is 7.99. The van der Waals surface area contributed by atoms with E-state index >= 15 is 0 Å². The number of carbonyl (C=O) groups excluding carboxylic acids is 1. The molecule has 0 aliphatic heterocycles. The molecule has 0 atom stereocenters. The Morgan fingerprint density at radius 3 is 2.66 bits per heavy atom. The molecule has 0 spiro atoms. The summed E-state index contributed by atoms with van der Waals surface area (Å²) in [6, 6.07) is 14.2. The standard InChI is InChI=1S/C24H26N6OS/c1-18-9-4-5-11-20(18)30-22(19-10-8-14-26-15-19)27-28-23(30)32-16-21(31)29(2)24(17-25)12-6-3-7-13-24/h4-5,8-11,14-15H,3,6-7,12-13,16H2,1-2H3. The minimum Gasteiger partial charge on any atom is -0.326 e. The maximum absolute atomic E-state index is 13.1. The smallest absolute Gasteiger partial charge is 0.234 e. The summed E-state index contributed by atoms with van der Waals surface area (Å²) in [5, 5.41) is 19.3. The zero-order chi connectivity index (χ0) is 22.6. The largest absolute Gasteiger partial charge is 0.326 e. The topological polar surface area (TPSA) is 87.7 Å². The van der Waals surface area contributed by atoms with Crippen LogP contribution < -0.4 is 0 Å². The summed E-state index contributed by atoms with van der Waals surface area (Å²) in [5.41, 5.74) is 2.19. The quantitative estimate of drug-likeness (QED) is 0.521. The lowest BCUT2D eigenvalue weighted by Gasteiger charge is -2.39. The molecule has 0 radical (unpaired) electrons. The van der Waals surface area contributed by atoms with Crippen LogP contribution in [0.3, 0.4) is 0 Å². The number of aromatic nitrogens is 4. The van der Waals surface area contributed by atoms with Crippen LogP contribution in [-0.2, 0) is 4.79 Å². The molecule has 8 heteroatoms. The molecule has 2 heterocycles. The number of rotatable bonds is 6. The van der Waals surface area contributed by atoms with Gasteiger partial charge in [0.15, 0.2) is 11.0 Å². The summed E-state index contributed by atoms with van der Waals surface area (Å²) in [6.07, 6.45) is 8.03. The van der Waals surface area contributed by atoms with Crippen LogP contribution in [0.1, 0.15) is 37.7 Å². The van der Waals surface area contributed by atoms with Gasteiger partial charge in [-0.1, -0.05) is 49.2 Å². The predicted octanol–water partition coefficient (Wildman–Crippen LogP) is 4.41. The molecule has 7 nitrogen and oxygen atoms in total. The van der Waals surface area contributed by atoms with Gasteiger partial charge in [0.25, 0.3) is 0 Å². The summed E-state index contributed by atoms with van der Waals surface area (Å²) in [7, 11) is 1.75. The number of thioether (sulfide) groups is 1. The van der Waals surface area contributed by atoms with Crippen molar-refractivity contribution in [1.29, 1.82) is 5.26 Å².